The molecule has 2 aromatic heterocycles. The number of carbonyl (C=O) groups excluding carboxylic acids is 2. The van der Waals surface area contributed by atoms with Gasteiger partial charge in [-0.25, -0.2) is 0 Å². The SMILES string of the molecule is O=C(NCCNC(=O)c1ccc2ccccc2[n+]1[O-])c1ccc2ccccc2[n+]1[O-]. The van der Waals surface area contributed by atoms with Gasteiger partial charge in [-0.15, -0.1) is 0 Å². The van der Waals surface area contributed by atoms with Crippen LogP contribution in [0.5, 0.6) is 0 Å². The maximum Gasteiger partial charge on any atom is 0.317 e. The largest absolute Gasteiger partial charge is 0.618 e. The highest BCUT2D eigenvalue weighted by atomic mass is 16.5. The molecule has 2 aromatic carbocycles. The molecule has 8 nitrogen and oxygen atoms in total. The second-order valence-electron chi connectivity index (χ2n) is 6.66. The first kappa shape index (κ1) is 19.1. The van der Waals surface area contributed by atoms with Crippen molar-refractivity contribution in [3.8, 4) is 0 Å². The van der Waals surface area contributed by atoms with Crippen molar-refractivity contribution in [3.05, 3.63) is 94.6 Å². The fourth-order valence-electron chi connectivity index (χ4n) is 3.23. The van der Waals surface area contributed by atoms with E-state index >= 15 is 0 Å². The molecule has 0 aliphatic carbocycles. The number of aromatic nitrogens is 2. The Morgan fingerprint density at radius 3 is 1.47 bits per heavy atom. The molecule has 2 heterocycles. The van der Waals surface area contributed by atoms with Gasteiger partial charge in [-0.3, -0.25) is 9.59 Å². The normalized spacial score (nSPS) is 10.8. The second-order valence-corrected chi connectivity index (χ2v) is 6.66. The van der Waals surface area contributed by atoms with E-state index in [0.29, 0.717) is 20.5 Å². The van der Waals surface area contributed by atoms with Crippen LogP contribution in [0.25, 0.3) is 21.8 Å². The van der Waals surface area contributed by atoms with Gasteiger partial charge in [0.15, 0.2) is 0 Å². The molecule has 0 spiro atoms. The van der Waals surface area contributed by atoms with Crippen molar-refractivity contribution in [1.29, 1.82) is 0 Å². The quantitative estimate of drug-likeness (QED) is 0.299. The van der Waals surface area contributed by atoms with Gasteiger partial charge < -0.3 is 21.0 Å². The Kier molecular flexibility index (Phi) is 5.13. The minimum Gasteiger partial charge on any atom is -0.618 e. The summed E-state index contributed by atoms with van der Waals surface area (Å²) in [6.07, 6.45) is 0. The number of fused-ring (bicyclic) bond motifs is 2. The highest BCUT2D eigenvalue weighted by molar-refractivity contribution is 5.93. The Morgan fingerprint density at radius 2 is 1.03 bits per heavy atom. The lowest BCUT2D eigenvalue weighted by Crippen LogP contribution is -2.44. The van der Waals surface area contributed by atoms with Crippen LogP contribution in [0.15, 0.2) is 72.8 Å². The Morgan fingerprint density at radius 1 is 0.633 bits per heavy atom. The number of nitrogens with one attached hydrogen (secondary N) is 2. The fourth-order valence-corrected chi connectivity index (χ4v) is 3.23. The molecule has 0 atom stereocenters. The Labute approximate surface area is 171 Å². The zero-order valence-electron chi connectivity index (χ0n) is 15.9. The van der Waals surface area contributed by atoms with Crippen LogP contribution in [-0.2, 0) is 0 Å². The average Bonchev–Trinajstić information content (AvgIpc) is 2.77. The molecule has 0 radical (unpaired) electrons. The van der Waals surface area contributed by atoms with Crippen molar-refractivity contribution < 1.29 is 19.0 Å². The summed E-state index contributed by atoms with van der Waals surface area (Å²) in [6.45, 7) is 0.202. The lowest BCUT2D eigenvalue weighted by atomic mass is 10.2. The third-order valence-corrected chi connectivity index (χ3v) is 4.75. The molecule has 0 fully saturated rings. The number of benzene rings is 2. The van der Waals surface area contributed by atoms with Gasteiger partial charge in [0, 0.05) is 48.1 Å². The molecule has 0 aliphatic rings. The molecule has 0 aliphatic heterocycles. The van der Waals surface area contributed by atoms with Gasteiger partial charge in [-0.1, -0.05) is 24.3 Å². The Balaban J connectivity index is 1.37. The summed E-state index contributed by atoms with van der Waals surface area (Å²) < 4.78 is 1.16. The lowest BCUT2D eigenvalue weighted by Gasteiger charge is -2.10. The highest BCUT2D eigenvalue weighted by Crippen LogP contribution is 2.11. The van der Waals surface area contributed by atoms with Gasteiger partial charge in [-0.05, 0) is 24.3 Å². The van der Waals surface area contributed by atoms with E-state index in [0.717, 1.165) is 10.8 Å². The van der Waals surface area contributed by atoms with Crippen molar-refractivity contribution in [3.63, 3.8) is 0 Å². The van der Waals surface area contributed by atoms with Gasteiger partial charge in [0.25, 0.3) is 11.4 Å². The summed E-state index contributed by atoms with van der Waals surface area (Å²) in [5, 5.41) is 31.4. The van der Waals surface area contributed by atoms with Gasteiger partial charge in [0.05, 0.1) is 0 Å². The molecule has 2 amide bonds. The number of pyridine rings is 2. The van der Waals surface area contributed by atoms with Crippen LogP contribution in [-0.4, -0.2) is 24.9 Å². The topological polar surface area (TPSA) is 112 Å². The van der Waals surface area contributed by atoms with Crippen LogP contribution < -0.4 is 20.1 Å². The van der Waals surface area contributed by atoms with Crippen LogP contribution in [0.2, 0.25) is 0 Å². The molecule has 4 aromatic rings. The zero-order valence-corrected chi connectivity index (χ0v) is 15.9. The van der Waals surface area contributed by atoms with Crippen molar-refractivity contribution in [2.75, 3.05) is 13.1 Å². The van der Waals surface area contributed by atoms with E-state index in [-0.39, 0.29) is 24.5 Å². The maximum absolute atomic E-state index is 12.4. The zero-order chi connectivity index (χ0) is 21.1. The monoisotopic (exact) mass is 402 g/mol. The van der Waals surface area contributed by atoms with E-state index < -0.39 is 11.8 Å². The van der Waals surface area contributed by atoms with Crippen LogP contribution in [0.1, 0.15) is 21.0 Å². The van der Waals surface area contributed by atoms with E-state index in [4.69, 9.17) is 0 Å². The summed E-state index contributed by atoms with van der Waals surface area (Å²) >= 11 is 0. The first-order chi connectivity index (χ1) is 14.6. The number of hydrogen-bond donors (Lipinski definition) is 2. The van der Waals surface area contributed by atoms with Crippen LogP contribution >= 0.6 is 0 Å². The molecule has 0 bridgehead atoms. The molecule has 2 N–H and O–H groups in total. The van der Waals surface area contributed by atoms with Crippen molar-refractivity contribution >= 4 is 33.6 Å². The van der Waals surface area contributed by atoms with E-state index in [2.05, 4.69) is 10.6 Å². The van der Waals surface area contributed by atoms with Crippen LogP contribution in [0.4, 0.5) is 0 Å². The van der Waals surface area contributed by atoms with E-state index in [1.165, 1.54) is 12.1 Å². The summed E-state index contributed by atoms with van der Waals surface area (Å²) in [4.78, 5) is 24.7. The number of hydrogen-bond acceptors (Lipinski definition) is 4. The molecule has 0 unspecified atom stereocenters. The van der Waals surface area contributed by atoms with Crippen LogP contribution in [0.3, 0.4) is 0 Å². The molecule has 4 rings (SSSR count). The number of nitrogens with zero attached hydrogens (tertiary/aromatic N) is 2. The van der Waals surface area contributed by atoms with Crippen molar-refractivity contribution in [1.82, 2.24) is 10.6 Å². The number of carbonyl (C=O) groups is 2. The number of amides is 2. The second kappa shape index (κ2) is 8.04. The first-order valence-corrected chi connectivity index (χ1v) is 9.35. The minimum absolute atomic E-state index is 0.0352. The number of para-hydroxylation sites is 2. The molecular weight excluding hydrogens is 384 g/mol. The molecule has 30 heavy (non-hydrogen) atoms. The maximum atomic E-state index is 12.4. The van der Waals surface area contributed by atoms with Crippen molar-refractivity contribution in [2.24, 2.45) is 0 Å². The average molecular weight is 402 g/mol. The lowest BCUT2D eigenvalue weighted by molar-refractivity contribution is -0.579. The van der Waals surface area contributed by atoms with Gasteiger partial charge in [0.2, 0.25) is 11.0 Å². The third-order valence-electron chi connectivity index (χ3n) is 4.75. The molecule has 0 saturated carbocycles. The summed E-state index contributed by atoms with van der Waals surface area (Å²) in [7, 11) is 0. The Hall–Kier alpha value is -4.20. The highest BCUT2D eigenvalue weighted by Gasteiger charge is 2.20. The molecule has 0 saturated heterocycles. The molecule has 8 heteroatoms. The minimum atomic E-state index is -0.547. The van der Waals surface area contributed by atoms with E-state index in [1.54, 1.807) is 48.5 Å². The first-order valence-electron chi connectivity index (χ1n) is 9.35. The fraction of sp³-hybridized carbons (Fsp3) is 0.0909. The Bertz CT molecular complexity index is 1170. The van der Waals surface area contributed by atoms with Gasteiger partial charge in [0.1, 0.15) is 0 Å². The third kappa shape index (κ3) is 3.58. The molecular formula is C22H18N4O4. The van der Waals surface area contributed by atoms with Gasteiger partial charge >= 0.3 is 11.8 Å². The standard InChI is InChI=1S/C22H18N4O4/c27-21(19-11-9-15-5-1-3-7-17(15)25(19)29)23-13-14-24-22(28)20-12-10-16-6-2-4-8-18(16)26(20)30/h1-12H,13-14H2,(H,23,27)(H,24,28). The summed E-state index contributed by atoms with van der Waals surface area (Å²) in [5.74, 6) is -1.09. The van der Waals surface area contributed by atoms with Crippen molar-refractivity contribution in [2.45, 2.75) is 0 Å². The van der Waals surface area contributed by atoms with Crippen LogP contribution in [0, 0.1) is 10.4 Å². The number of rotatable bonds is 5. The predicted molar refractivity (Wildman–Crippen MR) is 110 cm³/mol. The van der Waals surface area contributed by atoms with E-state index in [9.17, 15) is 20.0 Å². The predicted octanol–water partition coefficient (Wildman–Crippen LogP) is 1.42. The van der Waals surface area contributed by atoms with E-state index in [1.807, 2.05) is 12.1 Å². The summed E-state index contributed by atoms with van der Waals surface area (Å²) in [6, 6.07) is 20.2. The van der Waals surface area contributed by atoms with Gasteiger partial charge in [-0.2, -0.15) is 9.46 Å². The smallest absolute Gasteiger partial charge is 0.317 e. The summed E-state index contributed by atoms with van der Waals surface area (Å²) in [5.41, 5.74) is 0.725. The molecule has 150 valence electrons.